The molecule has 0 aliphatic carbocycles. The van der Waals surface area contributed by atoms with E-state index in [0.717, 1.165) is 11.8 Å². The maximum absolute atomic E-state index is 11.7. The quantitative estimate of drug-likeness (QED) is 0.381. The third-order valence-electron chi connectivity index (χ3n) is 2.91. The minimum absolute atomic E-state index is 0.0731. The molecule has 2 rings (SSSR count). The number of esters is 1. The number of aromatic nitrogens is 1. The molecule has 0 aliphatic heterocycles. The Labute approximate surface area is 136 Å². The summed E-state index contributed by atoms with van der Waals surface area (Å²) in [6.45, 7) is 0.202. The van der Waals surface area contributed by atoms with Gasteiger partial charge in [-0.05, 0) is 33.1 Å². The van der Waals surface area contributed by atoms with Crippen LogP contribution in [0.1, 0.15) is 11.1 Å². The molecule has 114 valence electrons. The van der Waals surface area contributed by atoms with Gasteiger partial charge in [-0.1, -0.05) is 30.3 Å². The van der Waals surface area contributed by atoms with E-state index in [2.05, 4.69) is 25.7 Å². The highest BCUT2D eigenvalue weighted by Gasteiger charge is 2.16. The number of rotatable bonds is 5. The van der Waals surface area contributed by atoms with Crippen molar-refractivity contribution in [3.05, 3.63) is 64.5 Å². The van der Waals surface area contributed by atoms with Gasteiger partial charge in [-0.2, -0.15) is 0 Å². The molecule has 0 bridgehead atoms. The van der Waals surface area contributed by atoms with E-state index in [0.29, 0.717) is 16.0 Å². The summed E-state index contributed by atoms with van der Waals surface area (Å²) < 4.78 is 11.0. The van der Waals surface area contributed by atoms with Crippen molar-refractivity contribution in [1.82, 2.24) is 4.98 Å². The van der Waals surface area contributed by atoms with E-state index in [-0.39, 0.29) is 12.2 Å². The topological polar surface area (TPSA) is 68.7 Å². The number of pyridine rings is 1. The van der Waals surface area contributed by atoms with Gasteiger partial charge < -0.3 is 14.6 Å². The molecular formula is C16H14BrNO4. The lowest BCUT2D eigenvalue weighted by Crippen LogP contribution is -2.08. The number of hydrogen-bond donors (Lipinski definition) is 1. The highest BCUT2D eigenvalue weighted by atomic mass is 79.9. The summed E-state index contributed by atoms with van der Waals surface area (Å²) in [5, 5.41) is 9.30. The van der Waals surface area contributed by atoms with Gasteiger partial charge in [-0.3, -0.25) is 0 Å². The molecule has 5 nitrogen and oxygen atoms in total. The second-order valence-electron chi connectivity index (χ2n) is 4.28. The van der Waals surface area contributed by atoms with Gasteiger partial charge in [-0.15, -0.1) is 0 Å². The molecule has 0 saturated heterocycles. The Morgan fingerprint density at radius 2 is 2.05 bits per heavy atom. The van der Waals surface area contributed by atoms with Crippen LogP contribution >= 0.6 is 15.9 Å². The van der Waals surface area contributed by atoms with Crippen LogP contribution in [-0.4, -0.2) is 23.2 Å². The zero-order valence-corrected chi connectivity index (χ0v) is 13.4. The number of ether oxygens (including phenoxy) is 2. The Kier molecular flexibility index (Phi) is 5.55. The van der Waals surface area contributed by atoms with E-state index in [9.17, 15) is 9.90 Å². The van der Waals surface area contributed by atoms with Crippen LogP contribution in [0.3, 0.4) is 0 Å². The fraction of sp³-hybridized carbons (Fsp3) is 0.125. The monoisotopic (exact) mass is 363 g/mol. The average Bonchev–Trinajstić information content (AvgIpc) is 2.54. The van der Waals surface area contributed by atoms with Crippen LogP contribution in [0.15, 0.2) is 53.3 Å². The third kappa shape index (κ3) is 3.85. The summed E-state index contributed by atoms with van der Waals surface area (Å²) in [5.74, 6) is -0.160. The molecular weight excluding hydrogens is 350 g/mol. The molecule has 22 heavy (non-hydrogen) atoms. The second kappa shape index (κ2) is 7.61. The van der Waals surface area contributed by atoms with Crippen LogP contribution in [0, 0.1) is 0 Å². The van der Waals surface area contributed by atoms with Gasteiger partial charge in [-0.25, -0.2) is 9.78 Å². The lowest BCUT2D eigenvalue weighted by atomic mass is 10.0. The fourth-order valence-corrected chi connectivity index (χ4v) is 2.20. The first-order valence-electron chi connectivity index (χ1n) is 6.42. The highest BCUT2D eigenvalue weighted by Crippen LogP contribution is 2.22. The summed E-state index contributed by atoms with van der Waals surface area (Å²) in [7, 11) is 1.26. The molecule has 0 spiro atoms. The molecule has 0 aliphatic rings. The molecule has 1 aromatic heterocycles. The van der Waals surface area contributed by atoms with Crippen molar-refractivity contribution in [1.29, 1.82) is 0 Å². The van der Waals surface area contributed by atoms with Crippen LogP contribution in [-0.2, 0) is 16.1 Å². The van der Waals surface area contributed by atoms with Crippen LogP contribution in [0.4, 0.5) is 0 Å². The second-order valence-corrected chi connectivity index (χ2v) is 5.09. The molecule has 0 saturated carbocycles. The summed E-state index contributed by atoms with van der Waals surface area (Å²) in [5.41, 5.74) is 1.35. The molecule has 0 radical (unpaired) electrons. The zero-order valence-electron chi connectivity index (χ0n) is 11.8. The van der Waals surface area contributed by atoms with Crippen molar-refractivity contribution in [3.8, 4) is 5.88 Å². The van der Waals surface area contributed by atoms with Gasteiger partial charge in [0.1, 0.15) is 16.8 Å². The van der Waals surface area contributed by atoms with Crippen molar-refractivity contribution in [2.75, 3.05) is 7.11 Å². The predicted molar refractivity (Wildman–Crippen MR) is 85.3 cm³/mol. The van der Waals surface area contributed by atoms with Gasteiger partial charge in [0.05, 0.1) is 13.4 Å². The van der Waals surface area contributed by atoms with Gasteiger partial charge in [0.25, 0.3) is 0 Å². The van der Waals surface area contributed by atoms with Crippen molar-refractivity contribution in [2.24, 2.45) is 0 Å². The Morgan fingerprint density at radius 3 is 2.73 bits per heavy atom. The Hall–Kier alpha value is -2.34. The normalized spacial score (nSPS) is 11.1. The maximum Gasteiger partial charge on any atom is 0.341 e. The minimum atomic E-state index is -0.615. The summed E-state index contributed by atoms with van der Waals surface area (Å²) >= 11 is 3.27. The number of carbonyl (C=O) groups is 1. The summed E-state index contributed by atoms with van der Waals surface area (Å²) in [6.07, 6.45) is 0.738. The smallest absolute Gasteiger partial charge is 0.341 e. The lowest BCUT2D eigenvalue weighted by Gasteiger charge is -2.11. The summed E-state index contributed by atoms with van der Waals surface area (Å²) in [6, 6.07) is 12.4. The van der Waals surface area contributed by atoms with Crippen molar-refractivity contribution < 1.29 is 19.4 Å². The molecule has 1 aromatic carbocycles. The highest BCUT2D eigenvalue weighted by molar-refractivity contribution is 9.10. The van der Waals surface area contributed by atoms with Crippen LogP contribution < -0.4 is 4.74 Å². The van der Waals surface area contributed by atoms with E-state index in [1.807, 2.05) is 12.1 Å². The van der Waals surface area contributed by atoms with Gasteiger partial charge in [0, 0.05) is 6.07 Å². The van der Waals surface area contributed by atoms with Crippen molar-refractivity contribution in [3.63, 3.8) is 0 Å². The number of benzene rings is 1. The standard InChI is InChI=1S/C16H14BrNO4/c1-21-16(20)13(9-19)12-6-3-2-5-11(12)10-22-15-8-4-7-14(17)18-15/h2-9,19H,10H2,1H3. The van der Waals surface area contributed by atoms with E-state index in [1.165, 1.54) is 7.11 Å². The number of aliphatic hydroxyl groups is 1. The van der Waals surface area contributed by atoms with Gasteiger partial charge in [0.15, 0.2) is 0 Å². The maximum atomic E-state index is 11.7. The Morgan fingerprint density at radius 1 is 1.27 bits per heavy atom. The SMILES string of the molecule is COC(=O)C(=CO)c1ccccc1COc1cccc(Br)n1. The number of carbonyl (C=O) groups excluding carboxylic acids is 1. The molecule has 1 N–H and O–H groups in total. The average molecular weight is 364 g/mol. The summed E-state index contributed by atoms with van der Waals surface area (Å²) in [4.78, 5) is 15.9. The lowest BCUT2D eigenvalue weighted by molar-refractivity contribution is -0.133. The zero-order chi connectivity index (χ0) is 15.9. The van der Waals surface area contributed by atoms with Gasteiger partial charge >= 0.3 is 5.97 Å². The molecule has 2 aromatic rings. The fourth-order valence-electron chi connectivity index (χ4n) is 1.87. The molecule has 6 heteroatoms. The largest absolute Gasteiger partial charge is 0.515 e. The van der Waals surface area contributed by atoms with Crippen LogP contribution in [0.5, 0.6) is 5.88 Å². The Balaban J connectivity index is 2.23. The first-order valence-corrected chi connectivity index (χ1v) is 7.21. The molecule has 1 heterocycles. The number of aliphatic hydroxyl groups excluding tert-OH is 1. The first kappa shape index (κ1) is 16.0. The number of hydrogen-bond acceptors (Lipinski definition) is 5. The van der Waals surface area contributed by atoms with E-state index < -0.39 is 5.97 Å². The van der Waals surface area contributed by atoms with E-state index >= 15 is 0 Å². The number of halogens is 1. The van der Waals surface area contributed by atoms with Crippen LogP contribution in [0.2, 0.25) is 0 Å². The van der Waals surface area contributed by atoms with Crippen LogP contribution in [0.25, 0.3) is 5.57 Å². The van der Waals surface area contributed by atoms with E-state index in [4.69, 9.17) is 4.74 Å². The third-order valence-corrected chi connectivity index (χ3v) is 3.35. The number of nitrogens with zero attached hydrogens (tertiary/aromatic N) is 1. The first-order chi connectivity index (χ1) is 10.7. The molecule has 0 atom stereocenters. The predicted octanol–water partition coefficient (Wildman–Crippen LogP) is 3.50. The Bertz CT molecular complexity index is 700. The molecule has 0 fully saturated rings. The minimum Gasteiger partial charge on any atom is -0.515 e. The number of methoxy groups -OCH3 is 1. The molecule has 0 amide bonds. The van der Waals surface area contributed by atoms with Gasteiger partial charge in [0.2, 0.25) is 5.88 Å². The molecule has 0 unspecified atom stereocenters. The van der Waals surface area contributed by atoms with Crippen molar-refractivity contribution >= 4 is 27.5 Å². The van der Waals surface area contributed by atoms with E-state index in [1.54, 1.807) is 30.3 Å². The van der Waals surface area contributed by atoms with Crippen molar-refractivity contribution in [2.45, 2.75) is 6.61 Å².